The van der Waals surface area contributed by atoms with Crippen molar-refractivity contribution in [3.8, 4) is 11.5 Å². The van der Waals surface area contributed by atoms with E-state index in [1.807, 2.05) is 0 Å². The molecule has 112 valence electrons. The molecule has 0 heterocycles. The van der Waals surface area contributed by atoms with Gasteiger partial charge in [-0.25, -0.2) is 0 Å². The molecule has 0 atom stereocenters. The van der Waals surface area contributed by atoms with E-state index in [0.29, 0.717) is 0 Å². The summed E-state index contributed by atoms with van der Waals surface area (Å²) in [6, 6.07) is 4.39. The Bertz CT molecular complexity index is 484. The molecule has 20 heavy (non-hydrogen) atoms. The van der Waals surface area contributed by atoms with E-state index in [1.54, 1.807) is 0 Å². The molecule has 4 heteroatoms. The second-order valence-corrected chi connectivity index (χ2v) is 16.6. The van der Waals surface area contributed by atoms with Gasteiger partial charge in [-0.2, -0.15) is 0 Å². The SMILES string of the molecule is C[Si](C)(C)Oc1cc2c(c(O[Si](C)(C)C)c1)CCCC2. The zero-order valence-electron chi connectivity index (χ0n) is 13.8. The maximum absolute atomic E-state index is 6.33. The van der Waals surface area contributed by atoms with Gasteiger partial charge in [0, 0.05) is 6.07 Å². The first kappa shape index (κ1) is 15.6. The summed E-state index contributed by atoms with van der Waals surface area (Å²) in [7, 11) is -3.15. The second-order valence-electron chi connectivity index (χ2n) is 7.70. The largest absolute Gasteiger partial charge is 0.544 e. The molecule has 0 radical (unpaired) electrons. The Morgan fingerprint density at radius 1 is 0.800 bits per heavy atom. The van der Waals surface area contributed by atoms with Gasteiger partial charge in [-0.15, -0.1) is 0 Å². The number of hydrogen-bond acceptors (Lipinski definition) is 2. The summed E-state index contributed by atoms with van der Waals surface area (Å²) < 4.78 is 12.5. The van der Waals surface area contributed by atoms with Crippen LogP contribution >= 0.6 is 0 Å². The van der Waals surface area contributed by atoms with Gasteiger partial charge in [-0.05, 0) is 82.2 Å². The van der Waals surface area contributed by atoms with E-state index in [2.05, 4.69) is 51.4 Å². The fourth-order valence-electron chi connectivity index (χ4n) is 2.63. The number of benzene rings is 1. The first-order chi connectivity index (χ1) is 9.14. The molecule has 0 fully saturated rings. The van der Waals surface area contributed by atoms with Crippen molar-refractivity contribution >= 4 is 16.6 Å². The van der Waals surface area contributed by atoms with Gasteiger partial charge < -0.3 is 8.85 Å². The van der Waals surface area contributed by atoms with Gasteiger partial charge in [-0.1, -0.05) is 0 Å². The Labute approximate surface area is 125 Å². The molecule has 0 aromatic heterocycles. The third kappa shape index (κ3) is 4.38. The zero-order valence-corrected chi connectivity index (χ0v) is 15.8. The fourth-order valence-corrected chi connectivity index (χ4v) is 4.30. The molecule has 0 bridgehead atoms. The predicted octanol–water partition coefficient (Wildman–Crippen LogP) is 4.99. The lowest BCUT2D eigenvalue weighted by molar-refractivity contribution is 0.517. The number of rotatable bonds is 4. The van der Waals surface area contributed by atoms with E-state index >= 15 is 0 Å². The first-order valence-electron chi connectivity index (χ1n) is 7.68. The van der Waals surface area contributed by atoms with Crippen LogP contribution in [0.4, 0.5) is 0 Å². The van der Waals surface area contributed by atoms with Crippen molar-refractivity contribution in [2.45, 2.75) is 65.0 Å². The molecule has 2 rings (SSSR count). The maximum Gasteiger partial charge on any atom is 0.242 e. The fraction of sp³-hybridized carbons (Fsp3) is 0.625. The Morgan fingerprint density at radius 3 is 2.00 bits per heavy atom. The van der Waals surface area contributed by atoms with Crippen LogP contribution in [0, 0.1) is 0 Å². The Hall–Kier alpha value is -0.746. The van der Waals surface area contributed by atoms with Crippen molar-refractivity contribution in [3.05, 3.63) is 23.3 Å². The summed E-state index contributed by atoms with van der Waals surface area (Å²) in [6.07, 6.45) is 4.89. The van der Waals surface area contributed by atoms with E-state index < -0.39 is 16.6 Å². The molecule has 1 aliphatic rings. The van der Waals surface area contributed by atoms with Crippen LogP contribution in [0.5, 0.6) is 11.5 Å². The van der Waals surface area contributed by atoms with E-state index in [-0.39, 0.29) is 0 Å². The molecule has 1 aromatic rings. The van der Waals surface area contributed by atoms with E-state index in [0.717, 1.165) is 17.9 Å². The van der Waals surface area contributed by atoms with Crippen LogP contribution in [-0.2, 0) is 12.8 Å². The number of aryl methyl sites for hydroxylation is 1. The molecule has 1 aliphatic carbocycles. The molecule has 1 aromatic carbocycles. The third-order valence-electron chi connectivity index (χ3n) is 3.24. The number of hydrogen-bond donors (Lipinski definition) is 0. The maximum atomic E-state index is 6.33. The highest BCUT2D eigenvalue weighted by molar-refractivity contribution is 6.70. The van der Waals surface area contributed by atoms with Gasteiger partial charge in [0.05, 0.1) is 0 Å². The molecule has 0 amide bonds. The van der Waals surface area contributed by atoms with E-state index in [1.165, 1.54) is 30.4 Å². The average Bonchev–Trinajstić information content (AvgIpc) is 2.24. The topological polar surface area (TPSA) is 18.5 Å². The minimum Gasteiger partial charge on any atom is -0.544 e. The summed E-state index contributed by atoms with van der Waals surface area (Å²) in [6.45, 7) is 13.4. The standard InChI is InChI=1S/C16H28O2Si2/c1-19(2,3)17-14-11-13-9-7-8-10-15(13)16(12-14)18-20(4,5)6/h11-12H,7-10H2,1-6H3. The first-order valence-corrected chi connectivity index (χ1v) is 14.5. The summed E-state index contributed by atoms with van der Waals surface area (Å²) in [5.41, 5.74) is 2.88. The van der Waals surface area contributed by atoms with E-state index in [9.17, 15) is 0 Å². The molecule has 0 saturated heterocycles. The van der Waals surface area contributed by atoms with Crippen LogP contribution in [0.25, 0.3) is 0 Å². The van der Waals surface area contributed by atoms with Crippen molar-refractivity contribution in [2.75, 3.05) is 0 Å². The van der Waals surface area contributed by atoms with Crippen LogP contribution in [0.2, 0.25) is 39.3 Å². The monoisotopic (exact) mass is 308 g/mol. The highest BCUT2D eigenvalue weighted by Gasteiger charge is 2.24. The molecule has 0 spiro atoms. The summed E-state index contributed by atoms with van der Waals surface area (Å²) in [5, 5.41) is 0. The van der Waals surface area contributed by atoms with E-state index in [4.69, 9.17) is 8.85 Å². The molecule has 0 saturated carbocycles. The van der Waals surface area contributed by atoms with Crippen molar-refractivity contribution in [1.29, 1.82) is 0 Å². The normalized spacial score (nSPS) is 15.7. The van der Waals surface area contributed by atoms with Gasteiger partial charge in [0.2, 0.25) is 16.6 Å². The molecule has 0 unspecified atom stereocenters. The molecule has 0 aliphatic heterocycles. The van der Waals surface area contributed by atoms with Gasteiger partial charge >= 0.3 is 0 Å². The van der Waals surface area contributed by atoms with Gasteiger partial charge in [-0.3, -0.25) is 0 Å². The van der Waals surface area contributed by atoms with Gasteiger partial charge in [0.15, 0.2) is 0 Å². The van der Waals surface area contributed by atoms with Gasteiger partial charge in [0.1, 0.15) is 11.5 Å². The minimum absolute atomic E-state index is 1.01. The van der Waals surface area contributed by atoms with Crippen LogP contribution < -0.4 is 8.85 Å². The van der Waals surface area contributed by atoms with Crippen LogP contribution in [0.15, 0.2) is 12.1 Å². The van der Waals surface area contributed by atoms with Crippen molar-refractivity contribution in [1.82, 2.24) is 0 Å². The average molecular weight is 309 g/mol. The number of fused-ring (bicyclic) bond motifs is 1. The summed E-state index contributed by atoms with van der Waals surface area (Å²) in [5.74, 6) is 2.10. The molecular weight excluding hydrogens is 280 g/mol. The molecular formula is C16H28O2Si2. The summed E-state index contributed by atoms with van der Waals surface area (Å²) >= 11 is 0. The Morgan fingerprint density at radius 2 is 1.40 bits per heavy atom. The predicted molar refractivity (Wildman–Crippen MR) is 91.0 cm³/mol. The van der Waals surface area contributed by atoms with Crippen molar-refractivity contribution in [2.24, 2.45) is 0 Å². The van der Waals surface area contributed by atoms with Gasteiger partial charge in [0.25, 0.3) is 0 Å². The van der Waals surface area contributed by atoms with Crippen LogP contribution in [0.1, 0.15) is 24.0 Å². The Kier molecular flexibility index (Phi) is 4.35. The zero-order chi connectivity index (χ0) is 15.0. The molecule has 2 nitrogen and oxygen atoms in total. The minimum atomic E-state index is -1.58. The summed E-state index contributed by atoms with van der Waals surface area (Å²) in [4.78, 5) is 0. The molecule has 0 N–H and O–H groups in total. The lowest BCUT2D eigenvalue weighted by Crippen LogP contribution is -2.31. The smallest absolute Gasteiger partial charge is 0.242 e. The van der Waals surface area contributed by atoms with Crippen molar-refractivity contribution < 1.29 is 8.85 Å². The lowest BCUT2D eigenvalue weighted by Gasteiger charge is -2.28. The van der Waals surface area contributed by atoms with Crippen LogP contribution in [0.3, 0.4) is 0 Å². The Balaban J connectivity index is 2.39. The lowest BCUT2D eigenvalue weighted by atomic mass is 9.91. The van der Waals surface area contributed by atoms with Crippen LogP contribution in [-0.4, -0.2) is 16.6 Å². The third-order valence-corrected chi connectivity index (χ3v) is 4.92. The highest BCUT2D eigenvalue weighted by atomic mass is 28.4. The highest BCUT2D eigenvalue weighted by Crippen LogP contribution is 2.36. The van der Waals surface area contributed by atoms with Crippen molar-refractivity contribution in [3.63, 3.8) is 0 Å². The second kappa shape index (κ2) is 5.56. The quantitative estimate of drug-likeness (QED) is 0.729.